The molecule has 0 aromatic rings. The molecule has 0 saturated heterocycles. The zero-order valence-electron chi connectivity index (χ0n) is 40.7. The standard InChI is InChI=1S/C52H93O11P/c1-4-7-10-13-16-19-21-23-24-26-27-30-32-35-38-41-50(54)59-45-49(63-52(56)43-40-37-34-31-28-25-22-20-17-14-11-8-5-2)47-61-64(57,58)60-46-48(44-53)62-51(55)42-39-36-33-29-18-15-12-9-6-3/h8,11,17,20,23-25,28,48-49,53H,4-7,9-10,12-16,18-19,21-22,26-27,29-47H2,1-3H3,(H,57,58)/b11-8-,20-17-,24-23-,28-25-. The SMILES string of the molecule is CC/C=C\C/C=C\C/C=C\CCCCCC(=O)OC(COC(=O)CCCCCCC/C=C\CCCCCCCC)COP(=O)(O)OCC(CO)OC(=O)CCCCCCCCCCC. The van der Waals surface area contributed by atoms with Crippen molar-refractivity contribution in [2.24, 2.45) is 0 Å². The molecule has 64 heavy (non-hydrogen) atoms. The van der Waals surface area contributed by atoms with E-state index in [0.717, 1.165) is 96.3 Å². The number of allylic oxidation sites excluding steroid dienone is 8. The van der Waals surface area contributed by atoms with Crippen molar-refractivity contribution in [2.75, 3.05) is 26.4 Å². The third-order valence-corrected chi connectivity index (χ3v) is 11.7. The van der Waals surface area contributed by atoms with Gasteiger partial charge in [-0.05, 0) is 77.0 Å². The largest absolute Gasteiger partial charge is 0.472 e. The molecule has 2 N–H and O–H groups in total. The Morgan fingerprint density at radius 3 is 1.28 bits per heavy atom. The minimum atomic E-state index is -4.74. The number of aliphatic hydroxyl groups is 1. The summed E-state index contributed by atoms with van der Waals surface area (Å²) < 4.78 is 39.2. The van der Waals surface area contributed by atoms with Crippen LogP contribution in [0.25, 0.3) is 0 Å². The second kappa shape index (κ2) is 47.0. The Balaban J connectivity index is 4.79. The molecule has 0 saturated carbocycles. The van der Waals surface area contributed by atoms with Gasteiger partial charge in [0.2, 0.25) is 0 Å². The number of esters is 3. The van der Waals surface area contributed by atoms with E-state index in [4.69, 9.17) is 23.3 Å². The summed E-state index contributed by atoms with van der Waals surface area (Å²) in [7, 11) is -4.74. The summed E-state index contributed by atoms with van der Waals surface area (Å²) in [5, 5.41) is 9.73. The molecule has 0 aromatic heterocycles. The number of unbranched alkanes of at least 4 members (excludes halogenated alkanes) is 22. The van der Waals surface area contributed by atoms with Gasteiger partial charge in [-0.2, -0.15) is 0 Å². The molecule has 0 spiro atoms. The second-order valence-corrected chi connectivity index (χ2v) is 18.4. The summed E-state index contributed by atoms with van der Waals surface area (Å²) in [6.45, 7) is 4.45. The van der Waals surface area contributed by atoms with Gasteiger partial charge >= 0.3 is 25.7 Å². The zero-order chi connectivity index (χ0) is 47.0. The number of carbonyl (C=O) groups is 3. The molecule has 0 bridgehead atoms. The van der Waals surface area contributed by atoms with Crippen LogP contribution in [0.15, 0.2) is 48.6 Å². The van der Waals surface area contributed by atoms with Crippen molar-refractivity contribution in [3.8, 4) is 0 Å². The van der Waals surface area contributed by atoms with Crippen LogP contribution in [0, 0.1) is 0 Å². The van der Waals surface area contributed by atoms with Gasteiger partial charge in [0.1, 0.15) is 12.7 Å². The van der Waals surface area contributed by atoms with Gasteiger partial charge in [-0.25, -0.2) is 4.57 Å². The van der Waals surface area contributed by atoms with Crippen molar-refractivity contribution in [1.29, 1.82) is 0 Å². The molecule has 3 unspecified atom stereocenters. The molecule has 0 aliphatic rings. The molecule has 0 heterocycles. The zero-order valence-corrected chi connectivity index (χ0v) is 41.6. The predicted molar refractivity (Wildman–Crippen MR) is 261 cm³/mol. The lowest BCUT2D eigenvalue weighted by atomic mass is 10.1. The van der Waals surface area contributed by atoms with Crippen LogP contribution in [0.5, 0.6) is 0 Å². The molecule has 11 nitrogen and oxygen atoms in total. The maximum Gasteiger partial charge on any atom is 0.472 e. The van der Waals surface area contributed by atoms with Crippen LogP contribution in [-0.2, 0) is 42.2 Å². The van der Waals surface area contributed by atoms with Crippen LogP contribution in [0.4, 0.5) is 0 Å². The summed E-state index contributed by atoms with van der Waals surface area (Å²) in [6, 6.07) is 0. The van der Waals surface area contributed by atoms with E-state index in [-0.39, 0.29) is 25.9 Å². The minimum absolute atomic E-state index is 0.132. The number of hydrogen-bond donors (Lipinski definition) is 2. The summed E-state index contributed by atoms with van der Waals surface area (Å²) >= 11 is 0. The van der Waals surface area contributed by atoms with E-state index in [1.807, 2.05) is 0 Å². The first-order valence-electron chi connectivity index (χ1n) is 25.5. The molecule has 12 heteroatoms. The molecule has 0 rings (SSSR count). The fourth-order valence-corrected chi connectivity index (χ4v) is 7.62. The number of phosphoric acid groups is 1. The van der Waals surface area contributed by atoms with Gasteiger partial charge < -0.3 is 24.2 Å². The van der Waals surface area contributed by atoms with E-state index in [2.05, 4.69) is 69.4 Å². The van der Waals surface area contributed by atoms with Crippen molar-refractivity contribution in [1.82, 2.24) is 0 Å². The highest BCUT2D eigenvalue weighted by atomic mass is 31.2. The quantitative estimate of drug-likeness (QED) is 0.0197. The second-order valence-electron chi connectivity index (χ2n) is 17.0. The highest BCUT2D eigenvalue weighted by Gasteiger charge is 2.28. The summed E-state index contributed by atoms with van der Waals surface area (Å²) in [4.78, 5) is 48.2. The van der Waals surface area contributed by atoms with Crippen LogP contribution in [-0.4, -0.2) is 66.5 Å². The fourth-order valence-electron chi connectivity index (χ4n) is 6.83. The first kappa shape index (κ1) is 61.4. The lowest BCUT2D eigenvalue weighted by Gasteiger charge is -2.21. The average Bonchev–Trinajstić information content (AvgIpc) is 3.28. The van der Waals surface area contributed by atoms with Crippen molar-refractivity contribution in [3.05, 3.63) is 48.6 Å². The lowest BCUT2D eigenvalue weighted by molar-refractivity contribution is -0.161. The van der Waals surface area contributed by atoms with Crippen LogP contribution >= 0.6 is 7.82 Å². The smallest absolute Gasteiger partial charge is 0.462 e. The molecule has 0 aliphatic carbocycles. The van der Waals surface area contributed by atoms with Crippen LogP contribution in [0.2, 0.25) is 0 Å². The molecule has 0 amide bonds. The third-order valence-electron chi connectivity index (χ3n) is 10.7. The monoisotopic (exact) mass is 925 g/mol. The van der Waals surface area contributed by atoms with Crippen molar-refractivity contribution in [3.63, 3.8) is 0 Å². The van der Waals surface area contributed by atoms with Crippen molar-refractivity contribution in [2.45, 2.75) is 238 Å². The van der Waals surface area contributed by atoms with E-state index in [1.165, 1.54) is 70.6 Å². The Morgan fingerprint density at radius 1 is 0.453 bits per heavy atom. The number of ether oxygens (including phenoxy) is 3. The highest BCUT2D eigenvalue weighted by molar-refractivity contribution is 7.47. The summed E-state index contributed by atoms with van der Waals surface area (Å²) in [5.74, 6) is -1.51. The Kier molecular flexibility index (Phi) is 45.1. The number of aliphatic hydroxyl groups excluding tert-OH is 1. The van der Waals surface area contributed by atoms with E-state index >= 15 is 0 Å². The van der Waals surface area contributed by atoms with Crippen LogP contribution in [0.3, 0.4) is 0 Å². The van der Waals surface area contributed by atoms with Gasteiger partial charge in [-0.1, -0.05) is 179 Å². The Bertz CT molecular complexity index is 1260. The molecular formula is C52H93O11P. The molecular weight excluding hydrogens is 832 g/mol. The first-order valence-corrected chi connectivity index (χ1v) is 27.0. The normalized spacial score (nSPS) is 13.9. The molecule has 372 valence electrons. The van der Waals surface area contributed by atoms with Gasteiger partial charge in [0.05, 0.1) is 19.8 Å². The number of rotatable bonds is 47. The van der Waals surface area contributed by atoms with E-state index in [1.54, 1.807) is 0 Å². The third kappa shape index (κ3) is 44.6. The van der Waals surface area contributed by atoms with Crippen LogP contribution in [0.1, 0.15) is 226 Å². The highest BCUT2D eigenvalue weighted by Crippen LogP contribution is 2.43. The Labute approximate surface area is 390 Å². The van der Waals surface area contributed by atoms with E-state index in [9.17, 15) is 28.9 Å². The van der Waals surface area contributed by atoms with E-state index in [0.29, 0.717) is 19.3 Å². The Hall–Kier alpha value is -2.56. The molecule has 0 aromatic carbocycles. The first-order chi connectivity index (χ1) is 31.2. The fraction of sp³-hybridized carbons (Fsp3) is 0.788. The van der Waals surface area contributed by atoms with Gasteiger partial charge in [0.25, 0.3) is 0 Å². The van der Waals surface area contributed by atoms with Gasteiger partial charge in [0.15, 0.2) is 6.10 Å². The predicted octanol–water partition coefficient (Wildman–Crippen LogP) is 14.2. The van der Waals surface area contributed by atoms with E-state index < -0.39 is 57.8 Å². The molecule has 0 fully saturated rings. The van der Waals surface area contributed by atoms with Gasteiger partial charge in [-0.15, -0.1) is 0 Å². The maximum absolute atomic E-state index is 12.8. The number of hydrogen-bond acceptors (Lipinski definition) is 10. The molecule has 0 aliphatic heterocycles. The van der Waals surface area contributed by atoms with Crippen molar-refractivity contribution < 1.29 is 52.2 Å². The maximum atomic E-state index is 12.8. The molecule has 3 atom stereocenters. The van der Waals surface area contributed by atoms with Crippen LogP contribution < -0.4 is 0 Å². The number of phosphoric ester groups is 1. The number of carbonyl (C=O) groups excluding carboxylic acids is 3. The van der Waals surface area contributed by atoms with Crippen molar-refractivity contribution >= 4 is 25.7 Å². The summed E-state index contributed by atoms with van der Waals surface area (Å²) in [5.41, 5.74) is 0. The van der Waals surface area contributed by atoms with Gasteiger partial charge in [-0.3, -0.25) is 23.4 Å². The lowest BCUT2D eigenvalue weighted by Crippen LogP contribution is -2.30. The molecule has 0 radical (unpaired) electrons. The minimum Gasteiger partial charge on any atom is -0.462 e. The average molecular weight is 925 g/mol. The summed E-state index contributed by atoms with van der Waals surface area (Å²) in [6.07, 6.45) is 46.7. The Morgan fingerprint density at radius 2 is 0.812 bits per heavy atom. The topological polar surface area (TPSA) is 155 Å². The van der Waals surface area contributed by atoms with Gasteiger partial charge in [0, 0.05) is 19.3 Å².